The molecule has 0 aromatic heterocycles. The van der Waals surface area contributed by atoms with Crippen LogP contribution in [0.1, 0.15) is 0 Å². The Labute approximate surface area is 159 Å². The summed E-state index contributed by atoms with van der Waals surface area (Å²) in [7, 11) is 0. The number of fused-ring (bicyclic) bond motifs is 2. The highest BCUT2D eigenvalue weighted by Crippen LogP contribution is 2.43. The van der Waals surface area contributed by atoms with E-state index in [4.69, 9.17) is 0 Å². The Morgan fingerprint density at radius 3 is 1.78 bits per heavy atom. The standard InChI is InChI=1S/C20H11Br3/c21-17-10-15-16(11-18(17)22)20(23)14-9-5-4-8-13(14)19(15)12-6-2-1-3-7-12/h1-11H. The van der Waals surface area contributed by atoms with Gasteiger partial charge in [0.25, 0.3) is 0 Å². The summed E-state index contributed by atoms with van der Waals surface area (Å²) in [5.74, 6) is 0. The van der Waals surface area contributed by atoms with Crippen molar-refractivity contribution in [2.45, 2.75) is 0 Å². The number of hydrogen-bond donors (Lipinski definition) is 0. The monoisotopic (exact) mass is 488 g/mol. The van der Waals surface area contributed by atoms with Gasteiger partial charge in [-0.3, -0.25) is 0 Å². The van der Waals surface area contributed by atoms with Crippen LogP contribution < -0.4 is 0 Å². The van der Waals surface area contributed by atoms with Crippen LogP contribution in [-0.2, 0) is 0 Å². The van der Waals surface area contributed by atoms with E-state index in [1.54, 1.807) is 0 Å². The summed E-state index contributed by atoms with van der Waals surface area (Å²) in [6.07, 6.45) is 0. The molecule has 3 heteroatoms. The van der Waals surface area contributed by atoms with Crippen LogP contribution in [0.5, 0.6) is 0 Å². The number of benzene rings is 4. The van der Waals surface area contributed by atoms with Crippen LogP contribution in [0.15, 0.2) is 80.1 Å². The average Bonchev–Trinajstić information content (AvgIpc) is 2.58. The first-order chi connectivity index (χ1) is 11.2. The van der Waals surface area contributed by atoms with Gasteiger partial charge in [-0.1, -0.05) is 54.6 Å². The summed E-state index contributed by atoms with van der Waals surface area (Å²) in [4.78, 5) is 0. The molecule has 0 saturated carbocycles. The second kappa shape index (κ2) is 6.04. The van der Waals surface area contributed by atoms with Gasteiger partial charge in [-0.2, -0.15) is 0 Å². The molecule has 4 aromatic rings. The van der Waals surface area contributed by atoms with E-state index >= 15 is 0 Å². The van der Waals surface area contributed by atoms with Gasteiger partial charge in [0, 0.05) is 13.4 Å². The maximum atomic E-state index is 3.81. The summed E-state index contributed by atoms with van der Waals surface area (Å²) in [5.41, 5.74) is 2.50. The molecule has 0 spiro atoms. The van der Waals surface area contributed by atoms with Crippen molar-refractivity contribution in [3.05, 3.63) is 80.1 Å². The third-order valence-corrected chi connectivity index (χ3v) is 6.76. The van der Waals surface area contributed by atoms with Crippen molar-refractivity contribution in [1.29, 1.82) is 0 Å². The normalized spacial score (nSPS) is 11.3. The Balaban J connectivity index is 2.29. The maximum Gasteiger partial charge on any atom is 0.0333 e. The van der Waals surface area contributed by atoms with Gasteiger partial charge in [-0.25, -0.2) is 0 Å². The van der Waals surface area contributed by atoms with Crippen LogP contribution >= 0.6 is 47.8 Å². The topological polar surface area (TPSA) is 0 Å². The van der Waals surface area contributed by atoms with Gasteiger partial charge in [0.05, 0.1) is 0 Å². The van der Waals surface area contributed by atoms with Crippen LogP contribution in [0.25, 0.3) is 32.7 Å². The molecular formula is C20H11Br3. The lowest BCUT2D eigenvalue weighted by Crippen LogP contribution is -1.88. The SMILES string of the molecule is Brc1cc2c(Br)c3ccccc3c(-c3ccccc3)c2cc1Br. The first kappa shape index (κ1) is 15.4. The highest BCUT2D eigenvalue weighted by atomic mass is 79.9. The van der Waals surface area contributed by atoms with E-state index in [1.165, 1.54) is 32.7 Å². The predicted molar refractivity (Wildman–Crippen MR) is 110 cm³/mol. The Morgan fingerprint density at radius 1 is 0.522 bits per heavy atom. The zero-order valence-electron chi connectivity index (χ0n) is 12.0. The van der Waals surface area contributed by atoms with Crippen molar-refractivity contribution in [3.63, 3.8) is 0 Å². The van der Waals surface area contributed by atoms with Gasteiger partial charge in [-0.15, -0.1) is 0 Å². The largest absolute Gasteiger partial charge is 0.0622 e. The van der Waals surface area contributed by atoms with E-state index in [2.05, 4.69) is 115 Å². The van der Waals surface area contributed by atoms with Gasteiger partial charge in [0.1, 0.15) is 0 Å². The van der Waals surface area contributed by atoms with Gasteiger partial charge in [-0.05, 0) is 92.6 Å². The minimum atomic E-state index is 1.06. The molecule has 0 atom stereocenters. The molecule has 0 radical (unpaired) electrons. The van der Waals surface area contributed by atoms with Gasteiger partial charge < -0.3 is 0 Å². The fourth-order valence-corrected chi connectivity index (χ4v) is 4.39. The van der Waals surface area contributed by atoms with Crippen molar-refractivity contribution < 1.29 is 0 Å². The molecule has 0 heterocycles. The average molecular weight is 491 g/mol. The Bertz CT molecular complexity index is 1040. The summed E-state index contributed by atoms with van der Waals surface area (Å²) in [6.45, 7) is 0. The van der Waals surface area contributed by atoms with Crippen molar-refractivity contribution in [2.75, 3.05) is 0 Å². The Kier molecular flexibility index (Phi) is 4.04. The molecule has 0 aliphatic heterocycles. The van der Waals surface area contributed by atoms with E-state index in [1.807, 2.05) is 0 Å². The molecule has 0 aliphatic carbocycles. The van der Waals surface area contributed by atoms with E-state index in [9.17, 15) is 0 Å². The first-order valence-corrected chi connectivity index (χ1v) is 9.59. The molecular weight excluding hydrogens is 480 g/mol. The third-order valence-electron chi connectivity index (χ3n) is 4.06. The first-order valence-electron chi connectivity index (χ1n) is 7.21. The summed E-state index contributed by atoms with van der Waals surface area (Å²) < 4.78 is 3.25. The van der Waals surface area contributed by atoms with Crippen molar-refractivity contribution >= 4 is 69.3 Å². The zero-order chi connectivity index (χ0) is 16.0. The third kappa shape index (κ3) is 2.55. The fourth-order valence-electron chi connectivity index (χ4n) is 3.03. The quantitative estimate of drug-likeness (QED) is 0.237. The molecule has 0 fully saturated rings. The van der Waals surface area contributed by atoms with Crippen LogP contribution in [0, 0.1) is 0 Å². The van der Waals surface area contributed by atoms with E-state index in [0.29, 0.717) is 0 Å². The van der Waals surface area contributed by atoms with Crippen molar-refractivity contribution in [3.8, 4) is 11.1 Å². The zero-order valence-corrected chi connectivity index (χ0v) is 16.7. The predicted octanol–water partition coefficient (Wildman–Crippen LogP) is 7.95. The summed E-state index contributed by atoms with van der Waals surface area (Å²) >= 11 is 11.1. The van der Waals surface area contributed by atoms with Gasteiger partial charge >= 0.3 is 0 Å². The molecule has 0 amide bonds. The molecule has 0 aliphatic rings. The van der Waals surface area contributed by atoms with Gasteiger partial charge in [0.15, 0.2) is 0 Å². The molecule has 4 rings (SSSR count). The van der Waals surface area contributed by atoms with Crippen LogP contribution in [0.4, 0.5) is 0 Å². The van der Waals surface area contributed by atoms with E-state index in [-0.39, 0.29) is 0 Å². The molecule has 0 bridgehead atoms. The summed E-state index contributed by atoms with van der Waals surface area (Å²) in [5, 5.41) is 4.93. The van der Waals surface area contributed by atoms with Crippen molar-refractivity contribution in [1.82, 2.24) is 0 Å². The lowest BCUT2D eigenvalue weighted by Gasteiger charge is -2.15. The molecule has 23 heavy (non-hydrogen) atoms. The fraction of sp³-hybridized carbons (Fsp3) is 0. The van der Waals surface area contributed by atoms with E-state index < -0.39 is 0 Å². The Hall–Kier alpha value is -1.16. The number of hydrogen-bond acceptors (Lipinski definition) is 0. The highest BCUT2D eigenvalue weighted by Gasteiger charge is 2.15. The minimum Gasteiger partial charge on any atom is -0.0622 e. The highest BCUT2D eigenvalue weighted by molar-refractivity contribution is 9.13. The summed E-state index contributed by atoms with van der Waals surface area (Å²) in [6, 6.07) is 23.5. The smallest absolute Gasteiger partial charge is 0.0333 e. The van der Waals surface area contributed by atoms with Crippen LogP contribution in [0.3, 0.4) is 0 Å². The van der Waals surface area contributed by atoms with Crippen LogP contribution in [0.2, 0.25) is 0 Å². The minimum absolute atomic E-state index is 1.06. The van der Waals surface area contributed by atoms with Crippen LogP contribution in [-0.4, -0.2) is 0 Å². The van der Waals surface area contributed by atoms with E-state index in [0.717, 1.165) is 13.4 Å². The van der Waals surface area contributed by atoms with Gasteiger partial charge in [0.2, 0.25) is 0 Å². The molecule has 0 N–H and O–H groups in total. The lowest BCUT2D eigenvalue weighted by atomic mass is 9.92. The second-order valence-corrected chi connectivity index (χ2v) is 7.91. The molecule has 112 valence electrons. The number of rotatable bonds is 1. The molecule has 4 aromatic carbocycles. The second-order valence-electron chi connectivity index (χ2n) is 5.41. The number of halogens is 3. The molecule has 0 unspecified atom stereocenters. The van der Waals surface area contributed by atoms with Crippen molar-refractivity contribution in [2.24, 2.45) is 0 Å². The lowest BCUT2D eigenvalue weighted by molar-refractivity contribution is 1.62. The Morgan fingerprint density at radius 2 is 1.09 bits per heavy atom. The molecule has 0 nitrogen and oxygen atoms in total. The molecule has 0 saturated heterocycles. The maximum absolute atomic E-state index is 3.81.